The van der Waals surface area contributed by atoms with Gasteiger partial charge in [-0.3, -0.25) is 14.6 Å². The molecule has 172 valence electrons. The van der Waals surface area contributed by atoms with Crippen molar-refractivity contribution in [3.63, 3.8) is 0 Å². The maximum Gasteiger partial charge on any atom is 0.274 e. The van der Waals surface area contributed by atoms with Gasteiger partial charge in [0.15, 0.2) is 0 Å². The van der Waals surface area contributed by atoms with Gasteiger partial charge >= 0.3 is 0 Å². The zero-order valence-corrected chi connectivity index (χ0v) is 19.6. The Labute approximate surface area is 201 Å². The van der Waals surface area contributed by atoms with Crippen molar-refractivity contribution in [3.8, 4) is 0 Å². The topological polar surface area (TPSA) is 67.2 Å². The maximum absolute atomic E-state index is 13.3. The highest BCUT2D eigenvalue weighted by Gasteiger charge is 2.36. The van der Waals surface area contributed by atoms with E-state index in [9.17, 15) is 9.59 Å². The van der Waals surface area contributed by atoms with Gasteiger partial charge in [-0.25, -0.2) is 0 Å². The minimum atomic E-state index is 0.0271. The SMILES string of the molecule is O=C(Cc1cccs1)N1C[C@@H]2C[C@H](C1)c1ccc(NCc3cnc4ccccc4c3)c(=O)n1C2. The van der Waals surface area contributed by atoms with Crippen molar-refractivity contribution in [2.24, 2.45) is 5.92 Å². The molecule has 1 aromatic carbocycles. The Hall–Kier alpha value is -3.45. The lowest BCUT2D eigenvalue weighted by molar-refractivity contribution is -0.133. The number of para-hydroxylation sites is 1. The number of carbonyl (C=O) groups is 1. The van der Waals surface area contributed by atoms with Crippen molar-refractivity contribution >= 4 is 33.8 Å². The van der Waals surface area contributed by atoms with Crippen molar-refractivity contribution in [3.05, 3.63) is 92.7 Å². The number of nitrogens with one attached hydrogen (secondary N) is 1. The number of thiophene rings is 1. The summed E-state index contributed by atoms with van der Waals surface area (Å²) in [6.45, 7) is 2.63. The summed E-state index contributed by atoms with van der Waals surface area (Å²) in [6.07, 6.45) is 3.37. The summed E-state index contributed by atoms with van der Waals surface area (Å²) in [5, 5.41) is 6.43. The molecule has 34 heavy (non-hydrogen) atoms. The van der Waals surface area contributed by atoms with Crippen LogP contribution in [0.5, 0.6) is 0 Å². The van der Waals surface area contributed by atoms with E-state index in [4.69, 9.17) is 0 Å². The molecule has 1 amide bonds. The molecule has 0 spiro atoms. The smallest absolute Gasteiger partial charge is 0.274 e. The normalized spacial score (nSPS) is 19.1. The largest absolute Gasteiger partial charge is 0.376 e. The Morgan fingerprint density at radius 1 is 1.09 bits per heavy atom. The van der Waals surface area contributed by atoms with Gasteiger partial charge in [-0.1, -0.05) is 24.3 Å². The number of hydrogen-bond acceptors (Lipinski definition) is 5. The number of aromatic nitrogens is 2. The van der Waals surface area contributed by atoms with Crippen molar-refractivity contribution in [2.75, 3.05) is 18.4 Å². The minimum Gasteiger partial charge on any atom is -0.376 e. The lowest BCUT2D eigenvalue weighted by Crippen LogP contribution is -2.49. The van der Waals surface area contributed by atoms with Crippen LogP contribution in [0, 0.1) is 5.92 Å². The second-order valence-corrected chi connectivity index (χ2v) is 10.4. The molecule has 5 heterocycles. The molecule has 4 aromatic rings. The summed E-state index contributed by atoms with van der Waals surface area (Å²) in [4.78, 5) is 33.8. The molecule has 0 aliphatic carbocycles. The molecular weight excluding hydrogens is 444 g/mol. The van der Waals surface area contributed by atoms with E-state index in [0.717, 1.165) is 40.0 Å². The van der Waals surface area contributed by atoms with E-state index in [1.165, 1.54) is 0 Å². The van der Waals surface area contributed by atoms with Crippen LogP contribution >= 0.6 is 11.3 Å². The average Bonchev–Trinajstić information content (AvgIpc) is 3.37. The number of fused-ring (bicyclic) bond motifs is 5. The summed E-state index contributed by atoms with van der Waals surface area (Å²) in [7, 11) is 0. The number of carbonyl (C=O) groups excluding carboxylic acids is 1. The fourth-order valence-corrected chi connectivity index (χ4v) is 6.06. The summed E-state index contributed by atoms with van der Waals surface area (Å²) in [6, 6.07) is 18.1. The van der Waals surface area contributed by atoms with E-state index in [2.05, 4.69) is 22.4 Å². The molecule has 0 radical (unpaired) electrons. The summed E-state index contributed by atoms with van der Waals surface area (Å²) in [5.74, 6) is 0.720. The van der Waals surface area contributed by atoms with Crippen LogP contribution in [0.25, 0.3) is 10.9 Å². The zero-order chi connectivity index (χ0) is 23.1. The number of anilines is 1. The molecule has 2 aliphatic heterocycles. The molecule has 7 heteroatoms. The van der Waals surface area contributed by atoms with E-state index >= 15 is 0 Å². The molecule has 2 aliphatic rings. The third-order valence-electron chi connectivity index (χ3n) is 6.99. The molecule has 1 saturated heterocycles. The van der Waals surface area contributed by atoms with Crippen LogP contribution in [0.15, 0.2) is 71.0 Å². The lowest BCUT2D eigenvalue weighted by atomic mass is 9.83. The van der Waals surface area contributed by atoms with Gasteiger partial charge in [0, 0.05) is 54.3 Å². The van der Waals surface area contributed by atoms with E-state index in [1.807, 2.05) is 63.5 Å². The Kier molecular flexibility index (Phi) is 5.41. The van der Waals surface area contributed by atoms with Crippen LogP contribution in [-0.2, 0) is 24.3 Å². The van der Waals surface area contributed by atoms with Crippen LogP contribution in [0.1, 0.15) is 28.5 Å². The van der Waals surface area contributed by atoms with E-state index in [-0.39, 0.29) is 17.4 Å². The number of amides is 1. The second-order valence-electron chi connectivity index (χ2n) is 9.33. The lowest BCUT2D eigenvalue weighted by Gasteiger charge is -2.43. The van der Waals surface area contributed by atoms with Crippen molar-refractivity contribution in [1.29, 1.82) is 0 Å². The van der Waals surface area contributed by atoms with E-state index in [0.29, 0.717) is 37.7 Å². The summed E-state index contributed by atoms with van der Waals surface area (Å²) < 4.78 is 1.93. The van der Waals surface area contributed by atoms with Gasteiger partial charge in [0.05, 0.1) is 11.9 Å². The van der Waals surface area contributed by atoms with Crippen molar-refractivity contribution < 1.29 is 4.79 Å². The third-order valence-corrected chi connectivity index (χ3v) is 7.87. The van der Waals surface area contributed by atoms with Crippen LogP contribution in [0.4, 0.5) is 5.69 Å². The first-order chi connectivity index (χ1) is 16.6. The van der Waals surface area contributed by atoms with Crippen LogP contribution in [0.2, 0.25) is 0 Å². The number of likely N-dealkylation sites (tertiary alicyclic amines) is 1. The highest BCUT2D eigenvalue weighted by molar-refractivity contribution is 7.10. The summed E-state index contributed by atoms with van der Waals surface area (Å²) in [5.41, 5.74) is 3.70. The van der Waals surface area contributed by atoms with Crippen molar-refractivity contribution in [2.45, 2.75) is 31.8 Å². The highest BCUT2D eigenvalue weighted by Crippen LogP contribution is 2.35. The molecule has 0 unspecified atom stereocenters. The average molecular weight is 471 g/mol. The van der Waals surface area contributed by atoms with Gasteiger partial charge in [0.1, 0.15) is 5.69 Å². The standard InChI is InChI=1S/C27H26N4O2S/c32-26(12-22-5-3-9-34-22)30-15-19-11-21(17-30)25-8-7-24(27(33)31(25)16-19)29-14-18-10-20-4-1-2-6-23(20)28-13-18/h1-10,13,19,21,29H,11-12,14-17H2/t19-,21+/m0/s1. The zero-order valence-electron chi connectivity index (χ0n) is 18.8. The van der Waals surface area contributed by atoms with Crippen molar-refractivity contribution in [1.82, 2.24) is 14.5 Å². The monoisotopic (exact) mass is 470 g/mol. The van der Waals surface area contributed by atoms with Gasteiger partial charge in [-0.2, -0.15) is 0 Å². The number of pyridine rings is 2. The number of nitrogens with zero attached hydrogens (tertiary/aromatic N) is 3. The van der Waals surface area contributed by atoms with Gasteiger partial charge in [0.2, 0.25) is 5.91 Å². The quantitative estimate of drug-likeness (QED) is 0.473. The fraction of sp³-hybridized carbons (Fsp3) is 0.296. The second kappa shape index (κ2) is 8.72. The molecule has 6 rings (SSSR count). The fourth-order valence-electron chi connectivity index (χ4n) is 5.37. The van der Waals surface area contributed by atoms with E-state index in [1.54, 1.807) is 11.3 Å². The number of benzene rings is 1. The first-order valence-electron chi connectivity index (χ1n) is 11.8. The number of piperidine rings is 1. The molecule has 2 bridgehead atoms. The van der Waals surface area contributed by atoms with E-state index < -0.39 is 0 Å². The van der Waals surface area contributed by atoms with Gasteiger partial charge in [-0.05, 0) is 53.6 Å². The maximum atomic E-state index is 13.3. The molecule has 1 fully saturated rings. The summed E-state index contributed by atoms with van der Waals surface area (Å²) >= 11 is 1.63. The number of hydrogen-bond donors (Lipinski definition) is 1. The third kappa shape index (κ3) is 4.01. The molecule has 2 atom stereocenters. The Morgan fingerprint density at radius 2 is 2.00 bits per heavy atom. The first-order valence-corrected chi connectivity index (χ1v) is 12.6. The highest BCUT2D eigenvalue weighted by atomic mass is 32.1. The van der Waals surface area contributed by atoms with Crippen LogP contribution in [-0.4, -0.2) is 33.4 Å². The van der Waals surface area contributed by atoms with Crippen LogP contribution < -0.4 is 10.9 Å². The van der Waals surface area contributed by atoms with Gasteiger partial charge in [0.25, 0.3) is 5.56 Å². The number of rotatable bonds is 5. The molecule has 6 nitrogen and oxygen atoms in total. The minimum absolute atomic E-state index is 0.0271. The Bertz CT molecular complexity index is 1410. The predicted octanol–water partition coefficient (Wildman–Crippen LogP) is 4.26. The molecule has 1 N–H and O–H groups in total. The van der Waals surface area contributed by atoms with Gasteiger partial charge < -0.3 is 14.8 Å². The molecule has 0 saturated carbocycles. The van der Waals surface area contributed by atoms with Gasteiger partial charge in [-0.15, -0.1) is 11.3 Å². The first kappa shape index (κ1) is 21.1. The van der Waals surface area contributed by atoms with Crippen LogP contribution in [0.3, 0.4) is 0 Å². The Morgan fingerprint density at radius 3 is 2.88 bits per heavy atom. The predicted molar refractivity (Wildman–Crippen MR) is 135 cm³/mol. The molecule has 3 aromatic heterocycles. The molecular formula is C27H26N4O2S. The Balaban J connectivity index is 1.18.